The van der Waals surface area contributed by atoms with Gasteiger partial charge in [0.15, 0.2) is 11.7 Å². The van der Waals surface area contributed by atoms with Crippen LogP contribution in [0, 0.1) is 0 Å². The zero-order chi connectivity index (χ0) is 17.1. The average molecular weight is 332 g/mol. The number of anilines is 1. The molecule has 3 aromatic rings. The second-order valence-electron chi connectivity index (χ2n) is 5.98. The SMILES string of the molecule is CN=C(NCc1cc(-c2ccccc2)on1)N1CCc2ccccc21. The molecule has 2 heterocycles. The maximum absolute atomic E-state index is 5.45. The van der Waals surface area contributed by atoms with E-state index in [0.717, 1.165) is 35.9 Å². The molecule has 0 radical (unpaired) electrons. The van der Waals surface area contributed by atoms with E-state index in [4.69, 9.17) is 4.52 Å². The molecule has 1 aliphatic heterocycles. The van der Waals surface area contributed by atoms with Crippen molar-refractivity contribution in [2.45, 2.75) is 13.0 Å². The van der Waals surface area contributed by atoms with Crippen molar-refractivity contribution in [3.8, 4) is 11.3 Å². The average Bonchev–Trinajstić information content (AvgIpc) is 3.31. The molecular weight excluding hydrogens is 312 g/mol. The zero-order valence-corrected chi connectivity index (χ0v) is 14.1. The Kier molecular flexibility index (Phi) is 4.21. The van der Waals surface area contributed by atoms with Crippen LogP contribution in [-0.2, 0) is 13.0 Å². The van der Waals surface area contributed by atoms with Gasteiger partial charge in [-0.15, -0.1) is 0 Å². The molecule has 0 atom stereocenters. The van der Waals surface area contributed by atoms with Crippen molar-refractivity contribution >= 4 is 11.6 Å². The van der Waals surface area contributed by atoms with Crippen LogP contribution < -0.4 is 10.2 Å². The smallest absolute Gasteiger partial charge is 0.198 e. The monoisotopic (exact) mass is 332 g/mol. The third-order valence-electron chi connectivity index (χ3n) is 4.40. The van der Waals surface area contributed by atoms with Crippen LogP contribution in [0.25, 0.3) is 11.3 Å². The van der Waals surface area contributed by atoms with Crippen molar-refractivity contribution in [1.82, 2.24) is 10.5 Å². The van der Waals surface area contributed by atoms with E-state index in [0.29, 0.717) is 6.54 Å². The van der Waals surface area contributed by atoms with Crippen LogP contribution in [-0.4, -0.2) is 24.7 Å². The number of hydrogen-bond acceptors (Lipinski definition) is 3. The molecule has 1 N–H and O–H groups in total. The van der Waals surface area contributed by atoms with Gasteiger partial charge in [0.25, 0.3) is 0 Å². The number of hydrogen-bond donors (Lipinski definition) is 1. The minimum Gasteiger partial charge on any atom is -0.356 e. The van der Waals surface area contributed by atoms with E-state index in [1.54, 1.807) is 0 Å². The zero-order valence-electron chi connectivity index (χ0n) is 14.1. The molecule has 4 rings (SSSR count). The van der Waals surface area contributed by atoms with Gasteiger partial charge < -0.3 is 14.7 Å². The van der Waals surface area contributed by atoms with Gasteiger partial charge in [-0.1, -0.05) is 53.7 Å². The number of nitrogens with one attached hydrogen (secondary N) is 1. The Balaban J connectivity index is 1.45. The summed E-state index contributed by atoms with van der Waals surface area (Å²) in [6.45, 7) is 1.51. The van der Waals surface area contributed by atoms with E-state index in [1.165, 1.54) is 11.3 Å². The molecule has 1 aromatic heterocycles. The number of aromatic nitrogens is 1. The van der Waals surface area contributed by atoms with Gasteiger partial charge in [-0.05, 0) is 18.1 Å². The molecule has 5 heteroatoms. The fourth-order valence-electron chi connectivity index (χ4n) is 3.16. The van der Waals surface area contributed by atoms with Crippen molar-refractivity contribution in [2.24, 2.45) is 4.99 Å². The highest BCUT2D eigenvalue weighted by Crippen LogP contribution is 2.27. The molecule has 0 spiro atoms. The Morgan fingerprint density at radius 2 is 1.96 bits per heavy atom. The topological polar surface area (TPSA) is 53.7 Å². The molecular formula is C20H20N4O. The van der Waals surface area contributed by atoms with Crippen molar-refractivity contribution < 1.29 is 4.52 Å². The first-order chi connectivity index (χ1) is 12.3. The molecule has 0 saturated heterocycles. The summed E-state index contributed by atoms with van der Waals surface area (Å²) in [4.78, 5) is 6.64. The van der Waals surface area contributed by atoms with E-state index in [1.807, 2.05) is 43.4 Å². The van der Waals surface area contributed by atoms with Gasteiger partial charge in [0.05, 0.1) is 6.54 Å². The summed E-state index contributed by atoms with van der Waals surface area (Å²) in [5.41, 5.74) is 4.46. The second kappa shape index (κ2) is 6.81. The van der Waals surface area contributed by atoms with E-state index in [-0.39, 0.29) is 0 Å². The van der Waals surface area contributed by atoms with Crippen LogP contribution in [0.4, 0.5) is 5.69 Å². The lowest BCUT2D eigenvalue weighted by Crippen LogP contribution is -2.40. The van der Waals surface area contributed by atoms with Crippen LogP contribution >= 0.6 is 0 Å². The van der Waals surface area contributed by atoms with Crippen LogP contribution in [0.5, 0.6) is 0 Å². The first-order valence-corrected chi connectivity index (χ1v) is 8.42. The number of guanidine groups is 1. The number of para-hydroxylation sites is 1. The summed E-state index contributed by atoms with van der Waals surface area (Å²) >= 11 is 0. The number of aliphatic imine (C=N–C) groups is 1. The van der Waals surface area contributed by atoms with Gasteiger partial charge in [-0.3, -0.25) is 4.99 Å². The predicted molar refractivity (Wildman–Crippen MR) is 99.6 cm³/mol. The Morgan fingerprint density at radius 3 is 2.80 bits per heavy atom. The second-order valence-corrected chi connectivity index (χ2v) is 5.98. The quantitative estimate of drug-likeness (QED) is 0.589. The fourth-order valence-corrected chi connectivity index (χ4v) is 3.16. The Bertz CT molecular complexity index is 885. The molecule has 5 nitrogen and oxygen atoms in total. The molecule has 0 aliphatic carbocycles. The van der Waals surface area contributed by atoms with E-state index < -0.39 is 0 Å². The molecule has 0 unspecified atom stereocenters. The summed E-state index contributed by atoms with van der Waals surface area (Å²) in [5, 5.41) is 7.55. The molecule has 126 valence electrons. The first kappa shape index (κ1) is 15.4. The minimum atomic E-state index is 0.571. The van der Waals surface area contributed by atoms with E-state index in [2.05, 4.69) is 44.6 Å². The van der Waals surface area contributed by atoms with Crippen molar-refractivity contribution in [3.63, 3.8) is 0 Å². The molecule has 0 bridgehead atoms. The van der Waals surface area contributed by atoms with Crippen molar-refractivity contribution in [1.29, 1.82) is 0 Å². The summed E-state index contributed by atoms with van der Waals surface area (Å²) in [5.74, 6) is 1.63. The van der Waals surface area contributed by atoms with Gasteiger partial charge >= 0.3 is 0 Å². The van der Waals surface area contributed by atoms with Gasteiger partial charge in [0.1, 0.15) is 5.69 Å². The highest BCUT2D eigenvalue weighted by molar-refractivity contribution is 5.97. The van der Waals surface area contributed by atoms with Crippen molar-refractivity contribution in [3.05, 3.63) is 71.9 Å². The third-order valence-corrected chi connectivity index (χ3v) is 4.40. The minimum absolute atomic E-state index is 0.571. The predicted octanol–water partition coefficient (Wildman–Crippen LogP) is 3.48. The van der Waals surface area contributed by atoms with Crippen LogP contribution in [0.2, 0.25) is 0 Å². The molecule has 0 amide bonds. The molecule has 0 saturated carbocycles. The summed E-state index contributed by atoms with van der Waals surface area (Å²) in [6, 6.07) is 20.4. The Labute approximate surface area is 147 Å². The number of nitrogens with zero attached hydrogens (tertiary/aromatic N) is 3. The van der Waals surface area contributed by atoms with E-state index >= 15 is 0 Å². The molecule has 0 fully saturated rings. The summed E-state index contributed by atoms with van der Waals surface area (Å²) < 4.78 is 5.45. The first-order valence-electron chi connectivity index (χ1n) is 8.42. The van der Waals surface area contributed by atoms with Crippen LogP contribution in [0.1, 0.15) is 11.3 Å². The number of benzene rings is 2. The molecule has 1 aliphatic rings. The summed E-state index contributed by atoms with van der Waals surface area (Å²) in [7, 11) is 1.81. The third kappa shape index (κ3) is 3.13. The highest BCUT2D eigenvalue weighted by atomic mass is 16.5. The maximum atomic E-state index is 5.45. The van der Waals surface area contributed by atoms with Crippen molar-refractivity contribution in [2.75, 3.05) is 18.5 Å². The number of fused-ring (bicyclic) bond motifs is 1. The molecule has 2 aromatic carbocycles. The van der Waals surface area contributed by atoms with Gasteiger partial charge in [0.2, 0.25) is 0 Å². The lowest BCUT2D eigenvalue weighted by atomic mass is 10.2. The largest absolute Gasteiger partial charge is 0.356 e. The maximum Gasteiger partial charge on any atom is 0.198 e. The van der Waals surface area contributed by atoms with Gasteiger partial charge in [-0.25, -0.2) is 0 Å². The molecule has 25 heavy (non-hydrogen) atoms. The lowest BCUT2D eigenvalue weighted by molar-refractivity contribution is 0.422. The number of rotatable bonds is 3. The van der Waals surface area contributed by atoms with Crippen LogP contribution in [0.15, 0.2) is 70.2 Å². The van der Waals surface area contributed by atoms with Gasteiger partial charge in [-0.2, -0.15) is 0 Å². The van der Waals surface area contributed by atoms with Crippen LogP contribution in [0.3, 0.4) is 0 Å². The summed E-state index contributed by atoms with van der Waals surface area (Å²) in [6.07, 6.45) is 1.04. The fraction of sp³-hybridized carbons (Fsp3) is 0.200. The van der Waals surface area contributed by atoms with Gasteiger partial charge in [0, 0.05) is 30.9 Å². The lowest BCUT2D eigenvalue weighted by Gasteiger charge is -2.21. The Hall–Kier alpha value is -3.08. The standard InChI is InChI=1S/C20H20N4O/c1-21-20(24-12-11-15-7-5-6-10-18(15)24)22-14-17-13-19(25-23-17)16-8-3-2-4-9-16/h2-10,13H,11-12,14H2,1H3,(H,21,22). The Morgan fingerprint density at radius 1 is 1.16 bits per heavy atom. The highest BCUT2D eigenvalue weighted by Gasteiger charge is 2.22. The van der Waals surface area contributed by atoms with E-state index in [9.17, 15) is 0 Å². The normalized spacial score (nSPS) is 13.8.